The van der Waals surface area contributed by atoms with Crippen LogP contribution in [-0.4, -0.2) is 37.1 Å². The summed E-state index contributed by atoms with van der Waals surface area (Å²) in [5.74, 6) is -1.65. The molecule has 1 aliphatic carbocycles. The molecule has 0 radical (unpaired) electrons. The fourth-order valence-corrected chi connectivity index (χ4v) is 3.40. The lowest BCUT2D eigenvalue weighted by Crippen LogP contribution is -2.41. The molecule has 1 aromatic heterocycles. The molecule has 1 aromatic carbocycles. The predicted molar refractivity (Wildman–Crippen MR) is 105 cm³/mol. The highest BCUT2D eigenvalue weighted by atomic mass is 19.1. The first-order valence-electron chi connectivity index (χ1n) is 9.47. The van der Waals surface area contributed by atoms with Gasteiger partial charge in [-0.3, -0.25) is 9.59 Å². The van der Waals surface area contributed by atoms with E-state index in [4.69, 9.17) is 9.47 Å². The Bertz CT molecular complexity index is 890. The smallest absolute Gasteiger partial charge is 0.313 e. The number of carbonyl (C=O) groups excluding carboxylic acids is 2. The van der Waals surface area contributed by atoms with Crippen molar-refractivity contribution in [2.75, 3.05) is 25.6 Å². The minimum atomic E-state index is -0.842. The molecule has 154 valence electrons. The molecule has 1 heterocycles. The molecule has 0 bridgehead atoms. The van der Waals surface area contributed by atoms with E-state index in [2.05, 4.69) is 15.6 Å². The largest absolute Gasteiger partial charge is 0.474 e. The van der Waals surface area contributed by atoms with Crippen molar-refractivity contribution in [2.24, 2.45) is 5.92 Å². The van der Waals surface area contributed by atoms with Gasteiger partial charge in [-0.15, -0.1) is 0 Å². The van der Waals surface area contributed by atoms with Gasteiger partial charge in [0.2, 0.25) is 5.88 Å². The van der Waals surface area contributed by atoms with E-state index in [9.17, 15) is 14.0 Å². The second-order valence-corrected chi connectivity index (χ2v) is 6.93. The van der Waals surface area contributed by atoms with Crippen LogP contribution in [-0.2, 0) is 20.7 Å². The average Bonchev–Trinajstić information content (AvgIpc) is 2.71. The fourth-order valence-electron chi connectivity index (χ4n) is 3.40. The first kappa shape index (κ1) is 20.7. The summed E-state index contributed by atoms with van der Waals surface area (Å²) >= 11 is 0. The highest BCUT2D eigenvalue weighted by Gasteiger charge is 2.31. The van der Waals surface area contributed by atoms with Gasteiger partial charge in [0, 0.05) is 13.3 Å². The lowest BCUT2D eigenvalue weighted by molar-refractivity contribution is -0.136. The number of hydrogen-bond donors (Lipinski definition) is 2. The zero-order chi connectivity index (χ0) is 20.8. The summed E-state index contributed by atoms with van der Waals surface area (Å²) in [6.45, 7) is 2.59. The maximum absolute atomic E-state index is 14.1. The van der Waals surface area contributed by atoms with E-state index < -0.39 is 17.9 Å². The number of nitrogens with one attached hydrogen (secondary N) is 2. The van der Waals surface area contributed by atoms with Crippen molar-refractivity contribution in [2.45, 2.75) is 25.8 Å². The number of rotatable bonds is 6. The van der Waals surface area contributed by atoms with Gasteiger partial charge >= 0.3 is 11.8 Å². The predicted octanol–water partition coefficient (Wildman–Crippen LogP) is 2.62. The molecule has 0 unspecified atom stereocenters. The third-order valence-electron chi connectivity index (χ3n) is 4.95. The van der Waals surface area contributed by atoms with Crippen LogP contribution in [0.1, 0.15) is 30.5 Å². The molecule has 2 amide bonds. The molecule has 0 fully saturated rings. The first-order chi connectivity index (χ1) is 14.0. The van der Waals surface area contributed by atoms with Crippen LogP contribution in [0.2, 0.25) is 0 Å². The monoisotopic (exact) mass is 401 g/mol. The number of carbonyl (C=O) groups is 2. The zero-order valence-corrected chi connectivity index (χ0v) is 16.4. The summed E-state index contributed by atoms with van der Waals surface area (Å²) in [5, 5.41) is 5.27. The van der Waals surface area contributed by atoms with Crippen LogP contribution in [0.15, 0.2) is 36.5 Å². The van der Waals surface area contributed by atoms with Crippen LogP contribution >= 0.6 is 0 Å². The van der Waals surface area contributed by atoms with Crippen LogP contribution in [0.5, 0.6) is 5.88 Å². The first-order valence-corrected chi connectivity index (χ1v) is 9.47. The summed E-state index contributed by atoms with van der Waals surface area (Å²) in [5.41, 5.74) is 1.60. The van der Waals surface area contributed by atoms with Gasteiger partial charge in [-0.05, 0) is 48.1 Å². The minimum Gasteiger partial charge on any atom is -0.474 e. The number of hydrogen-bond acceptors (Lipinski definition) is 5. The number of aromatic nitrogens is 1. The van der Waals surface area contributed by atoms with Crippen LogP contribution < -0.4 is 15.4 Å². The van der Waals surface area contributed by atoms with Gasteiger partial charge in [0.25, 0.3) is 0 Å². The molecule has 7 nitrogen and oxygen atoms in total. The van der Waals surface area contributed by atoms with Gasteiger partial charge in [0.15, 0.2) is 0 Å². The quantitative estimate of drug-likeness (QED) is 0.574. The molecule has 0 aliphatic heterocycles. The maximum Gasteiger partial charge on any atom is 0.313 e. The molecule has 29 heavy (non-hydrogen) atoms. The van der Waals surface area contributed by atoms with Crippen molar-refractivity contribution in [1.29, 1.82) is 0 Å². The van der Waals surface area contributed by atoms with Crippen molar-refractivity contribution in [3.63, 3.8) is 0 Å². The number of nitrogens with zero attached hydrogens (tertiary/aromatic N) is 1. The van der Waals surface area contributed by atoms with E-state index in [1.807, 2.05) is 6.92 Å². The Morgan fingerprint density at radius 3 is 2.83 bits per heavy atom. The zero-order valence-electron chi connectivity index (χ0n) is 16.4. The molecule has 0 spiro atoms. The number of anilines is 1. The summed E-state index contributed by atoms with van der Waals surface area (Å²) in [6.07, 6.45) is 2.85. The topological polar surface area (TPSA) is 89.6 Å². The number of amides is 2. The molecular formula is C21H24FN3O4. The Hall–Kier alpha value is -3.00. The second-order valence-electron chi connectivity index (χ2n) is 6.93. The average molecular weight is 401 g/mol. The van der Waals surface area contributed by atoms with Crippen molar-refractivity contribution in [1.82, 2.24) is 10.3 Å². The van der Waals surface area contributed by atoms with Gasteiger partial charge in [0.05, 0.1) is 12.6 Å². The number of ether oxygens (including phenoxy) is 2. The maximum atomic E-state index is 14.1. The lowest BCUT2D eigenvalue weighted by atomic mass is 9.80. The summed E-state index contributed by atoms with van der Waals surface area (Å²) < 4.78 is 24.5. The van der Waals surface area contributed by atoms with E-state index >= 15 is 0 Å². The Morgan fingerprint density at radius 1 is 1.21 bits per heavy atom. The molecule has 2 atom stereocenters. The number of fused-ring (bicyclic) bond motifs is 1. The van der Waals surface area contributed by atoms with Gasteiger partial charge < -0.3 is 20.1 Å². The molecule has 1 aliphatic rings. The van der Waals surface area contributed by atoms with Crippen molar-refractivity contribution in [3.8, 4) is 5.88 Å². The molecule has 3 rings (SSSR count). The standard InChI is InChI=1S/C21H24FN3O4/c1-13-8-9-14-15(5-3-6-16(14)22)18(13)25-20(27)19(26)24-17-7-4-10-23-21(17)29-12-11-28-2/h3-7,10,13,18H,8-9,11-12H2,1-2H3,(H,24,26)(H,25,27)/t13-,18-/m1/s1. The second kappa shape index (κ2) is 9.47. The van der Waals surface area contributed by atoms with E-state index in [-0.39, 0.29) is 29.9 Å². The van der Waals surface area contributed by atoms with E-state index in [0.717, 1.165) is 12.0 Å². The molecule has 8 heteroatoms. The summed E-state index contributed by atoms with van der Waals surface area (Å²) in [6, 6.07) is 7.60. The summed E-state index contributed by atoms with van der Waals surface area (Å²) in [4.78, 5) is 29.0. The molecular weight excluding hydrogens is 377 g/mol. The molecule has 2 N–H and O–H groups in total. The van der Waals surface area contributed by atoms with Crippen molar-refractivity contribution < 1.29 is 23.5 Å². The fraction of sp³-hybridized carbons (Fsp3) is 0.381. The van der Waals surface area contributed by atoms with Crippen LogP contribution in [0.25, 0.3) is 0 Å². The molecule has 2 aromatic rings. The van der Waals surface area contributed by atoms with Crippen LogP contribution in [0, 0.1) is 11.7 Å². The Morgan fingerprint density at radius 2 is 2.03 bits per heavy atom. The van der Waals surface area contributed by atoms with E-state index in [1.54, 1.807) is 31.4 Å². The Balaban J connectivity index is 1.69. The number of pyridine rings is 1. The normalized spacial score (nSPS) is 17.9. The number of methoxy groups -OCH3 is 1. The summed E-state index contributed by atoms with van der Waals surface area (Å²) in [7, 11) is 1.55. The minimum absolute atomic E-state index is 0.0763. The SMILES string of the molecule is COCCOc1ncccc1NC(=O)C(=O)N[C@H]1c2cccc(F)c2CC[C@H]1C. The van der Waals surface area contributed by atoms with Gasteiger partial charge in [-0.25, -0.2) is 9.37 Å². The van der Waals surface area contributed by atoms with E-state index in [0.29, 0.717) is 18.6 Å². The van der Waals surface area contributed by atoms with Gasteiger partial charge in [-0.2, -0.15) is 0 Å². The molecule has 0 saturated heterocycles. The van der Waals surface area contributed by atoms with Crippen LogP contribution in [0.4, 0.5) is 10.1 Å². The lowest BCUT2D eigenvalue weighted by Gasteiger charge is -2.32. The highest BCUT2D eigenvalue weighted by Crippen LogP contribution is 2.35. The van der Waals surface area contributed by atoms with Crippen molar-refractivity contribution in [3.05, 3.63) is 53.5 Å². The number of halogens is 1. The van der Waals surface area contributed by atoms with Crippen LogP contribution in [0.3, 0.4) is 0 Å². The molecule has 0 saturated carbocycles. The van der Waals surface area contributed by atoms with Gasteiger partial charge in [0.1, 0.15) is 18.1 Å². The van der Waals surface area contributed by atoms with Gasteiger partial charge in [-0.1, -0.05) is 19.1 Å². The third kappa shape index (κ3) is 4.89. The van der Waals surface area contributed by atoms with E-state index in [1.165, 1.54) is 12.3 Å². The highest BCUT2D eigenvalue weighted by molar-refractivity contribution is 6.39. The van der Waals surface area contributed by atoms with Crippen molar-refractivity contribution >= 4 is 17.5 Å². The Labute approximate surface area is 168 Å². The third-order valence-corrected chi connectivity index (χ3v) is 4.95. The number of benzene rings is 1. The Kier molecular flexibility index (Phi) is 6.77.